The number of thioether (sulfide) groups is 1. The van der Waals surface area contributed by atoms with Crippen LogP contribution < -0.4 is 25.4 Å². The van der Waals surface area contributed by atoms with Gasteiger partial charge in [0.15, 0.2) is 0 Å². The van der Waals surface area contributed by atoms with E-state index >= 15 is 0 Å². The Balaban J connectivity index is 1.09. The molecule has 0 fully saturated rings. The second kappa shape index (κ2) is 18.1. The van der Waals surface area contributed by atoms with Gasteiger partial charge in [-0.05, 0) is 103 Å². The minimum atomic E-state index is -0.508. The molecule has 6 rings (SSSR count). The summed E-state index contributed by atoms with van der Waals surface area (Å²) in [6, 6.07) is 49.7. The van der Waals surface area contributed by atoms with Gasteiger partial charge in [0.05, 0.1) is 5.25 Å². The fourth-order valence-electron chi connectivity index (χ4n) is 5.09. The SMILES string of the molecule is CC(Sc1cccc(NC(=O)/C(=C\c2ccc(OCc3ccccc3)cc2)NC(=O)c2ccccc2)c1)C(=O)Nc1ccc(Oc2ccccc2)cc1. The molecule has 0 radical (unpaired) electrons. The highest BCUT2D eigenvalue weighted by molar-refractivity contribution is 8.00. The average molecular weight is 720 g/mol. The molecule has 0 aromatic heterocycles. The van der Waals surface area contributed by atoms with Crippen molar-refractivity contribution in [1.29, 1.82) is 0 Å². The third-order valence-electron chi connectivity index (χ3n) is 7.84. The van der Waals surface area contributed by atoms with Crippen molar-refractivity contribution >= 4 is 46.9 Å². The highest BCUT2D eigenvalue weighted by Gasteiger charge is 2.18. The summed E-state index contributed by atoms with van der Waals surface area (Å²) in [5.74, 6) is 0.964. The van der Waals surface area contributed by atoms with Gasteiger partial charge in [-0.1, -0.05) is 84.9 Å². The van der Waals surface area contributed by atoms with E-state index < -0.39 is 17.1 Å². The zero-order valence-electron chi connectivity index (χ0n) is 28.9. The Morgan fingerprint density at radius 1 is 0.642 bits per heavy atom. The zero-order valence-corrected chi connectivity index (χ0v) is 29.7. The highest BCUT2D eigenvalue weighted by atomic mass is 32.2. The molecule has 0 heterocycles. The summed E-state index contributed by atoms with van der Waals surface area (Å²) in [7, 11) is 0. The molecule has 1 atom stereocenters. The van der Waals surface area contributed by atoms with Crippen molar-refractivity contribution in [2.24, 2.45) is 0 Å². The Hall–Kier alpha value is -6.58. The fourth-order valence-corrected chi connectivity index (χ4v) is 6.01. The maximum absolute atomic E-state index is 13.7. The highest BCUT2D eigenvalue weighted by Crippen LogP contribution is 2.28. The van der Waals surface area contributed by atoms with Crippen LogP contribution in [-0.4, -0.2) is 23.0 Å². The van der Waals surface area contributed by atoms with E-state index in [0.717, 1.165) is 16.2 Å². The number of amides is 3. The molecule has 1 unspecified atom stereocenters. The summed E-state index contributed by atoms with van der Waals surface area (Å²) in [4.78, 5) is 40.7. The summed E-state index contributed by atoms with van der Waals surface area (Å²) in [5, 5.41) is 8.18. The van der Waals surface area contributed by atoms with Crippen molar-refractivity contribution in [2.75, 3.05) is 10.6 Å². The van der Waals surface area contributed by atoms with Crippen molar-refractivity contribution in [3.63, 3.8) is 0 Å². The van der Waals surface area contributed by atoms with Gasteiger partial charge in [0, 0.05) is 21.8 Å². The maximum Gasteiger partial charge on any atom is 0.272 e. The number of anilines is 2. The maximum atomic E-state index is 13.7. The van der Waals surface area contributed by atoms with E-state index in [2.05, 4.69) is 16.0 Å². The number of para-hydroxylation sites is 1. The number of carbonyl (C=O) groups excluding carboxylic acids is 3. The van der Waals surface area contributed by atoms with Crippen molar-refractivity contribution in [3.05, 3.63) is 186 Å². The summed E-state index contributed by atoms with van der Waals surface area (Å²) < 4.78 is 11.7. The topological polar surface area (TPSA) is 106 Å². The lowest BCUT2D eigenvalue weighted by atomic mass is 10.1. The third-order valence-corrected chi connectivity index (χ3v) is 8.94. The number of carbonyl (C=O) groups is 3. The molecule has 8 nitrogen and oxygen atoms in total. The Morgan fingerprint density at radius 3 is 1.96 bits per heavy atom. The summed E-state index contributed by atoms with van der Waals surface area (Å²) >= 11 is 1.36. The zero-order chi connectivity index (χ0) is 36.8. The molecular weight excluding hydrogens is 683 g/mol. The standard InChI is InChI=1S/C44H37N3O5S/c1-31(42(48)45-35-22-26-39(27-23-35)52-38-17-9-4-10-18-38)53-40-19-11-16-36(29-40)46-44(50)41(47-43(49)34-14-7-3-8-15-34)28-32-20-24-37(25-21-32)51-30-33-12-5-2-6-13-33/h2-29,31H,30H2,1H3,(H,45,48)(H,46,50)(H,47,49)/b41-28+. The second-order valence-corrected chi connectivity index (χ2v) is 13.3. The first kappa shape index (κ1) is 36.2. The monoisotopic (exact) mass is 719 g/mol. The van der Waals surface area contributed by atoms with Crippen LogP contribution in [0.5, 0.6) is 17.2 Å². The molecule has 3 amide bonds. The first-order chi connectivity index (χ1) is 25.9. The molecule has 0 saturated heterocycles. The number of nitrogens with one attached hydrogen (secondary N) is 3. The first-order valence-electron chi connectivity index (χ1n) is 16.9. The second-order valence-electron chi connectivity index (χ2n) is 11.9. The Morgan fingerprint density at radius 2 is 1.26 bits per heavy atom. The number of benzene rings is 6. The lowest BCUT2D eigenvalue weighted by Crippen LogP contribution is -2.30. The van der Waals surface area contributed by atoms with Crippen LogP contribution in [0.15, 0.2) is 174 Å². The summed E-state index contributed by atoms with van der Waals surface area (Å²) in [5.41, 5.74) is 3.37. The van der Waals surface area contributed by atoms with Gasteiger partial charge in [-0.3, -0.25) is 14.4 Å². The molecule has 6 aromatic carbocycles. The van der Waals surface area contributed by atoms with Crippen molar-refractivity contribution in [1.82, 2.24) is 5.32 Å². The Bertz CT molecular complexity index is 2160. The van der Waals surface area contributed by atoms with Gasteiger partial charge in [-0.15, -0.1) is 11.8 Å². The third kappa shape index (κ3) is 11.0. The van der Waals surface area contributed by atoms with Gasteiger partial charge in [-0.25, -0.2) is 0 Å². The minimum absolute atomic E-state index is 0.0581. The van der Waals surface area contributed by atoms with E-state index in [0.29, 0.717) is 40.6 Å². The number of hydrogen-bond donors (Lipinski definition) is 3. The van der Waals surface area contributed by atoms with Gasteiger partial charge >= 0.3 is 0 Å². The summed E-state index contributed by atoms with van der Waals surface area (Å²) in [6.45, 7) is 2.24. The van der Waals surface area contributed by atoms with E-state index in [1.54, 1.807) is 72.8 Å². The molecule has 0 saturated carbocycles. The Labute approximate surface area is 312 Å². The first-order valence-corrected chi connectivity index (χ1v) is 17.8. The average Bonchev–Trinajstić information content (AvgIpc) is 3.19. The van der Waals surface area contributed by atoms with Gasteiger partial charge in [0.25, 0.3) is 11.8 Å². The minimum Gasteiger partial charge on any atom is -0.489 e. The molecule has 0 spiro atoms. The molecule has 6 aromatic rings. The molecular formula is C44H37N3O5S. The van der Waals surface area contributed by atoms with Crippen molar-refractivity contribution in [3.8, 4) is 17.2 Å². The predicted molar refractivity (Wildman–Crippen MR) is 211 cm³/mol. The van der Waals surface area contributed by atoms with Crippen LogP contribution in [0.4, 0.5) is 11.4 Å². The molecule has 0 aliphatic heterocycles. The van der Waals surface area contributed by atoms with Gasteiger partial charge in [0.2, 0.25) is 5.91 Å². The van der Waals surface area contributed by atoms with Crippen molar-refractivity contribution < 1.29 is 23.9 Å². The number of rotatable bonds is 14. The molecule has 0 aliphatic carbocycles. The normalized spacial score (nSPS) is 11.5. The quantitative estimate of drug-likeness (QED) is 0.0765. The largest absolute Gasteiger partial charge is 0.489 e. The summed E-state index contributed by atoms with van der Waals surface area (Å²) in [6.07, 6.45) is 1.61. The van der Waals surface area contributed by atoms with Gasteiger partial charge < -0.3 is 25.4 Å². The Kier molecular flexibility index (Phi) is 12.4. The molecule has 0 aliphatic rings. The van der Waals surface area contributed by atoms with Crippen LogP contribution >= 0.6 is 11.8 Å². The van der Waals surface area contributed by atoms with E-state index in [1.807, 2.05) is 104 Å². The van der Waals surface area contributed by atoms with Crippen LogP contribution in [0.1, 0.15) is 28.4 Å². The van der Waals surface area contributed by atoms with E-state index in [4.69, 9.17) is 9.47 Å². The lowest BCUT2D eigenvalue weighted by molar-refractivity contribution is -0.115. The lowest BCUT2D eigenvalue weighted by Gasteiger charge is -2.14. The molecule has 0 bridgehead atoms. The molecule has 3 N–H and O–H groups in total. The smallest absolute Gasteiger partial charge is 0.272 e. The fraction of sp³-hybridized carbons (Fsp3) is 0.0682. The van der Waals surface area contributed by atoms with E-state index in [9.17, 15) is 14.4 Å². The van der Waals surface area contributed by atoms with Gasteiger partial charge in [0.1, 0.15) is 29.6 Å². The number of hydrogen-bond acceptors (Lipinski definition) is 6. The van der Waals surface area contributed by atoms with Crippen LogP contribution in [-0.2, 0) is 16.2 Å². The van der Waals surface area contributed by atoms with Crippen molar-refractivity contribution in [2.45, 2.75) is 23.7 Å². The molecule has 53 heavy (non-hydrogen) atoms. The molecule has 264 valence electrons. The number of ether oxygens (including phenoxy) is 2. The van der Waals surface area contributed by atoms with E-state index in [-0.39, 0.29) is 11.6 Å². The van der Waals surface area contributed by atoms with Crippen LogP contribution in [0.25, 0.3) is 6.08 Å². The van der Waals surface area contributed by atoms with Crippen LogP contribution in [0.2, 0.25) is 0 Å². The van der Waals surface area contributed by atoms with Gasteiger partial charge in [-0.2, -0.15) is 0 Å². The van der Waals surface area contributed by atoms with Crippen LogP contribution in [0.3, 0.4) is 0 Å². The van der Waals surface area contributed by atoms with E-state index in [1.165, 1.54) is 11.8 Å². The van der Waals surface area contributed by atoms with Crippen LogP contribution in [0, 0.1) is 0 Å². The molecule has 9 heteroatoms. The predicted octanol–water partition coefficient (Wildman–Crippen LogP) is 9.59.